The van der Waals surface area contributed by atoms with E-state index in [2.05, 4.69) is 27.7 Å². The number of aliphatic imine (C=N–C) groups is 1. The van der Waals surface area contributed by atoms with Crippen LogP contribution >= 0.6 is 0 Å². The van der Waals surface area contributed by atoms with Gasteiger partial charge in [0.05, 0.1) is 11.9 Å². The predicted molar refractivity (Wildman–Crippen MR) is 114 cm³/mol. The molecular formula is C25H28NO5-. The van der Waals surface area contributed by atoms with Crippen molar-refractivity contribution in [3.8, 4) is 5.75 Å². The SMILES string of the molecule is CC1(C)CC(=O)C2C(=NC3=C(C(=O)CC(C)(C)C3)[C@H]2c2ccc(OCC(=O)[O-])cc2)C1. The largest absolute Gasteiger partial charge is 0.546 e. The van der Waals surface area contributed by atoms with Crippen LogP contribution in [0.3, 0.4) is 0 Å². The summed E-state index contributed by atoms with van der Waals surface area (Å²) in [5, 5.41) is 10.6. The number of carbonyl (C=O) groups excluding carboxylic acids is 3. The minimum absolute atomic E-state index is 0.0639. The average Bonchev–Trinajstić information content (AvgIpc) is 2.63. The first kappa shape index (κ1) is 21.5. The molecule has 1 fully saturated rings. The highest BCUT2D eigenvalue weighted by atomic mass is 16.5. The summed E-state index contributed by atoms with van der Waals surface area (Å²) in [6, 6.07) is 7.00. The maximum atomic E-state index is 13.3. The fourth-order valence-corrected chi connectivity index (χ4v) is 5.28. The quantitative estimate of drug-likeness (QED) is 0.743. The van der Waals surface area contributed by atoms with Crippen molar-refractivity contribution in [1.29, 1.82) is 0 Å². The molecule has 1 saturated carbocycles. The number of hydrogen-bond donors (Lipinski definition) is 0. The molecule has 0 saturated heterocycles. The van der Waals surface area contributed by atoms with Gasteiger partial charge in [-0.2, -0.15) is 0 Å². The molecule has 6 heteroatoms. The standard InChI is InChI=1S/C25H29NO5/c1-24(2)9-16-22(18(27)11-24)21(14-5-7-15(8-6-14)31-13-20(29)30)23-17(26-16)10-25(3,4)12-19(23)28/h5-8,21-22H,9-13H2,1-4H3,(H,29,30)/p-1/t21-,22?/m0/s1. The molecule has 6 nitrogen and oxygen atoms in total. The van der Waals surface area contributed by atoms with Gasteiger partial charge in [0.1, 0.15) is 18.1 Å². The van der Waals surface area contributed by atoms with E-state index < -0.39 is 18.5 Å². The highest BCUT2D eigenvalue weighted by molar-refractivity contribution is 6.13. The van der Waals surface area contributed by atoms with Crippen LogP contribution in [0.15, 0.2) is 40.5 Å². The molecule has 0 spiro atoms. The lowest BCUT2D eigenvalue weighted by molar-refractivity contribution is -0.307. The monoisotopic (exact) mass is 422 g/mol. The molecule has 0 amide bonds. The third kappa shape index (κ3) is 4.21. The van der Waals surface area contributed by atoms with Gasteiger partial charge in [-0.3, -0.25) is 14.6 Å². The van der Waals surface area contributed by atoms with Gasteiger partial charge in [-0.15, -0.1) is 0 Å². The van der Waals surface area contributed by atoms with Gasteiger partial charge in [-0.05, 0) is 41.4 Å². The predicted octanol–water partition coefficient (Wildman–Crippen LogP) is 3.00. The van der Waals surface area contributed by atoms with E-state index in [-0.39, 0.29) is 28.3 Å². The number of ether oxygens (including phenoxy) is 1. The number of carbonyl (C=O) groups is 3. The molecular weight excluding hydrogens is 394 g/mol. The Morgan fingerprint density at radius 1 is 1.00 bits per heavy atom. The van der Waals surface area contributed by atoms with Crippen LogP contribution in [0.1, 0.15) is 64.9 Å². The van der Waals surface area contributed by atoms with Crippen molar-refractivity contribution < 1.29 is 24.2 Å². The molecule has 0 aromatic heterocycles. The van der Waals surface area contributed by atoms with Crippen LogP contribution in [-0.2, 0) is 14.4 Å². The van der Waals surface area contributed by atoms with Crippen LogP contribution in [0.5, 0.6) is 5.75 Å². The van der Waals surface area contributed by atoms with E-state index in [0.717, 1.165) is 23.4 Å². The second-order valence-electron chi connectivity index (χ2n) is 10.6. The van der Waals surface area contributed by atoms with Gasteiger partial charge in [-0.1, -0.05) is 39.8 Å². The summed E-state index contributed by atoms with van der Waals surface area (Å²) in [6.45, 7) is 7.80. The summed E-state index contributed by atoms with van der Waals surface area (Å²) in [5.74, 6) is -1.48. The van der Waals surface area contributed by atoms with E-state index in [4.69, 9.17) is 9.73 Å². The Morgan fingerprint density at radius 2 is 1.65 bits per heavy atom. The van der Waals surface area contributed by atoms with E-state index in [1.807, 2.05) is 12.1 Å². The maximum Gasteiger partial charge on any atom is 0.161 e. The van der Waals surface area contributed by atoms with Crippen LogP contribution in [0.25, 0.3) is 0 Å². The van der Waals surface area contributed by atoms with Crippen LogP contribution in [0, 0.1) is 16.7 Å². The number of benzene rings is 1. The lowest BCUT2D eigenvalue weighted by Crippen LogP contribution is -2.45. The van der Waals surface area contributed by atoms with E-state index in [1.165, 1.54) is 0 Å². The van der Waals surface area contributed by atoms with E-state index in [1.54, 1.807) is 12.1 Å². The summed E-state index contributed by atoms with van der Waals surface area (Å²) in [5.41, 5.74) is 2.92. The number of ketones is 2. The molecule has 2 atom stereocenters. The van der Waals surface area contributed by atoms with Gasteiger partial charge in [-0.25, -0.2) is 0 Å². The number of nitrogens with zero attached hydrogens (tertiary/aromatic N) is 1. The Morgan fingerprint density at radius 3 is 2.29 bits per heavy atom. The summed E-state index contributed by atoms with van der Waals surface area (Å²) < 4.78 is 5.19. The van der Waals surface area contributed by atoms with Crippen molar-refractivity contribution >= 4 is 23.2 Å². The molecule has 0 bridgehead atoms. The molecule has 0 radical (unpaired) electrons. The van der Waals surface area contributed by atoms with Gasteiger partial charge >= 0.3 is 0 Å². The number of allylic oxidation sites excluding steroid dienone is 2. The van der Waals surface area contributed by atoms with E-state index in [0.29, 0.717) is 30.6 Å². The number of carboxylic acids is 1. The topological polar surface area (TPSA) is 95.9 Å². The van der Waals surface area contributed by atoms with Crippen molar-refractivity contribution in [2.75, 3.05) is 6.61 Å². The number of rotatable bonds is 4. The third-order valence-corrected chi connectivity index (χ3v) is 6.43. The lowest BCUT2D eigenvalue weighted by atomic mass is 9.60. The maximum absolute atomic E-state index is 13.3. The Kier molecular flexibility index (Phi) is 5.15. The summed E-state index contributed by atoms with van der Waals surface area (Å²) in [6.07, 6.45) is 2.34. The van der Waals surface area contributed by atoms with Crippen molar-refractivity contribution in [2.45, 2.75) is 59.3 Å². The number of carboxylic acid groups (broad SMARTS) is 1. The summed E-state index contributed by atoms with van der Waals surface area (Å²) in [7, 11) is 0. The van der Waals surface area contributed by atoms with Gasteiger partial charge < -0.3 is 14.6 Å². The average molecular weight is 423 g/mol. The molecule has 1 aromatic carbocycles. The zero-order valence-electron chi connectivity index (χ0n) is 18.5. The van der Waals surface area contributed by atoms with Crippen molar-refractivity contribution in [2.24, 2.45) is 21.7 Å². The van der Waals surface area contributed by atoms with Gasteiger partial charge in [0.25, 0.3) is 0 Å². The van der Waals surface area contributed by atoms with Crippen LogP contribution < -0.4 is 9.84 Å². The first-order valence-electron chi connectivity index (χ1n) is 10.7. The van der Waals surface area contributed by atoms with Crippen LogP contribution in [0.2, 0.25) is 0 Å². The van der Waals surface area contributed by atoms with Crippen molar-refractivity contribution in [3.63, 3.8) is 0 Å². The molecule has 3 aliphatic rings. The molecule has 4 rings (SSSR count). The highest BCUT2D eigenvalue weighted by Gasteiger charge is 2.49. The minimum atomic E-state index is -1.29. The van der Waals surface area contributed by atoms with Crippen LogP contribution in [0.4, 0.5) is 0 Å². The highest BCUT2D eigenvalue weighted by Crippen LogP contribution is 2.51. The Bertz CT molecular complexity index is 1010. The first-order valence-corrected chi connectivity index (χ1v) is 10.7. The fourth-order valence-electron chi connectivity index (χ4n) is 5.28. The van der Waals surface area contributed by atoms with E-state index in [9.17, 15) is 19.5 Å². The Hall–Kier alpha value is -2.76. The summed E-state index contributed by atoms with van der Waals surface area (Å²) >= 11 is 0. The lowest BCUT2D eigenvalue weighted by Gasteiger charge is -2.44. The van der Waals surface area contributed by atoms with Crippen molar-refractivity contribution in [1.82, 2.24) is 0 Å². The zero-order chi connectivity index (χ0) is 22.6. The number of Topliss-reactive ketones (excluding diaryl/α,β-unsaturated/α-hetero) is 2. The second-order valence-corrected chi connectivity index (χ2v) is 10.6. The van der Waals surface area contributed by atoms with E-state index >= 15 is 0 Å². The van der Waals surface area contributed by atoms with Crippen molar-refractivity contribution in [3.05, 3.63) is 41.1 Å². The first-order chi connectivity index (χ1) is 14.5. The molecule has 1 heterocycles. The molecule has 1 aromatic rings. The molecule has 0 N–H and O–H groups in total. The molecule has 164 valence electrons. The Balaban J connectivity index is 1.78. The summed E-state index contributed by atoms with van der Waals surface area (Å²) in [4.78, 5) is 42.1. The van der Waals surface area contributed by atoms with Gasteiger partial charge in [0.15, 0.2) is 5.78 Å². The number of aliphatic carboxylic acids is 1. The van der Waals surface area contributed by atoms with Gasteiger partial charge in [0, 0.05) is 35.7 Å². The zero-order valence-corrected chi connectivity index (χ0v) is 18.5. The third-order valence-electron chi connectivity index (χ3n) is 6.43. The van der Waals surface area contributed by atoms with Crippen LogP contribution in [-0.4, -0.2) is 29.9 Å². The molecule has 31 heavy (non-hydrogen) atoms. The Labute approximate surface area is 182 Å². The number of fused-ring (bicyclic) bond motifs is 1. The second kappa shape index (κ2) is 7.43. The molecule has 1 unspecified atom stereocenters. The fraction of sp³-hybridized carbons (Fsp3) is 0.520. The molecule has 2 aliphatic carbocycles. The minimum Gasteiger partial charge on any atom is -0.546 e. The molecule has 1 aliphatic heterocycles. The van der Waals surface area contributed by atoms with Gasteiger partial charge in [0.2, 0.25) is 0 Å². The smallest absolute Gasteiger partial charge is 0.161 e. The normalized spacial score (nSPS) is 26.6. The number of hydrogen-bond acceptors (Lipinski definition) is 6.